The number of hydrogen-bond acceptors (Lipinski definition) is 5. The number of aliphatic carboxylic acids is 1. The van der Waals surface area contributed by atoms with Gasteiger partial charge in [0, 0.05) is 30.9 Å². The molecule has 6 heteroatoms. The molecule has 3 aromatic rings. The number of carboxylic acid groups (broad SMARTS) is 1. The van der Waals surface area contributed by atoms with Crippen LogP contribution in [0.25, 0.3) is 11.1 Å². The van der Waals surface area contributed by atoms with Gasteiger partial charge < -0.3 is 14.6 Å². The van der Waals surface area contributed by atoms with Crippen molar-refractivity contribution >= 4 is 5.97 Å². The third-order valence-corrected chi connectivity index (χ3v) is 8.91. The van der Waals surface area contributed by atoms with Gasteiger partial charge in [0.05, 0.1) is 13.0 Å². The maximum Gasteiger partial charge on any atom is 0.306 e. The van der Waals surface area contributed by atoms with E-state index in [4.69, 9.17) is 9.47 Å². The molecular weight excluding hydrogens is 512 g/mol. The van der Waals surface area contributed by atoms with Crippen LogP contribution in [0.2, 0.25) is 0 Å². The van der Waals surface area contributed by atoms with E-state index in [0.717, 1.165) is 49.1 Å². The molecule has 0 spiro atoms. The van der Waals surface area contributed by atoms with Crippen molar-refractivity contribution in [1.29, 1.82) is 0 Å². The van der Waals surface area contributed by atoms with Gasteiger partial charge in [0.25, 0.3) is 0 Å². The molecule has 1 aromatic heterocycles. The van der Waals surface area contributed by atoms with E-state index in [1.807, 2.05) is 19.1 Å². The van der Waals surface area contributed by atoms with Crippen LogP contribution in [0.15, 0.2) is 54.7 Å². The van der Waals surface area contributed by atoms with Crippen LogP contribution < -0.4 is 9.47 Å². The topological polar surface area (TPSA) is 71.9 Å². The van der Waals surface area contributed by atoms with Gasteiger partial charge in [-0.2, -0.15) is 0 Å². The molecule has 218 valence electrons. The Bertz CT molecular complexity index is 1370. The summed E-state index contributed by atoms with van der Waals surface area (Å²) >= 11 is 0. The van der Waals surface area contributed by atoms with Crippen molar-refractivity contribution in [2.24, 2.45) is 11.8 Å². The second-order valence-corrected chi connectivity index (χ2v) is 12.4. The van der Waals surface area contributed by atoms with Crippen molar-refractivity contribution in [2.45, 2.75) is 91.0 Å². The lowest BCUT2D eigenvalue weighted by molar-refractivity contribution is -0.142. The van der Waals surface area contributed by atoms with Gasteiger partial charge in [-0.1, -0.05) is 37.3 Å². The van der Waals surface area contributed by atoms with Gasteiger partial charge in [-0.15, -0.1) is 0 Å². The number of benzene rings is 2. The highest BCUT2D eigenvalue weighted by Gasteiger charge is 2.39. The first kappa shape index (κ1) is 29.1. The van der Waals surface area contributed by atoms with Crippen LogP contribution in [0.5, 0.6) is 11.6 Å². The quantitative estimate of drug-likeness (QED) is 0.261. The van der Waals surface area contributed by atoms with Crippen molar-refractivity contribution < 1.29 is 19.4 Å². The molecule has 1 N–H and O–H groups in total. The lowest BCUT2D eigenvalue weighted by Gasteiger charge is -2.32. The molecule has 1 aliphatic carbocycles. The van der Waals surface area contributed by atoms with E-state index in [-0.39, 0.29) is 12.0 Å². The van der Waals surface area contributed by atoms with Gasteiger partial charge in [0.1, 0.15) is 11.9 Å². The zero-order chi connectivity index (χ0) is 29.3. The van der Waals surface area contributed by atoms with Gasteiger partial charge in [-0.05, 0) is 111 Å². The van der Waals surface area contributed by atoms with Crippen LogP contribution in [-0.4, -0.2) is 40.2 Å². The Morgan fingerprint density at radius 1 is 1.02 bits per heavy atom. The Hall–Kier alpha value is -3.38. The summed E-state index contributed by atoms with van der Waals surface area (Å²) in [4.78, 5) is 18.7. The molecular formula is C35H44N2O4. The Morgan fingerprint density at radius 3 is 2.44 bits per heavy atom. The molecule has 1 aliphatic heterocycles. The summed E-state index contributed by atoms with van der Waals surface area (Å²) in [6.45, 7) is 11.7. The highest BCUT2D eigenvalue weighted by molar-refractivity contribution is 5.71. The van der Waals surface area contributed by atoms with E-state index in [1.54, 1.807) is 13.3 Å². The third kappa shape index (κ3) is 6.43. The maximum atomic E-state index is 11.9. The fraction of sp³-hybridized carbons (Fsp3) is 0.486. The lowest BCUT2D eigenvalue weighted by Crippen LogP contribution is -2.36. The van der Waals surface area contributed by atoms with E-state index in [0.29, 0.717) is 23.9 Å². The fourth-order valence-electron chi connectivity index (χ4n) is 6.48. The first-order valence-electron chi connectivity index (χ1n) is 15.1. The predicted molar refractivity (Wildman–Crippen MR) is 162 cm³/mol. The molecule has 2 heterocycles. The largest absolute Gasteiger partial charge is 0.485 e. The highest BCUT2D eigenvalue weighted by atomic mass is 16.5. The van der Waals surface area contributed by atoms with E-state index >= 15 is 0 Å². The number of aryl methyl sites for hydroxylation is 1. The summed E-state index contributed by atoms with van der Waals surface area (Å²) in [6, 6.07) is 18.0. The highest BCUT2D eigenvalue weighted by Crippen LogP contribution is 2.48. The summed E-state index contributed by atoms with van der Waals surface area (Å²) in [5, 5.41) is 9.77. The first-order chi connectivity index (χ1) is 19.7. The molecule has 0 saturated heterocycles. The van der Waals surface area contributed by atoms with Gasteiger partial charge in [0.15, 0.2) is 0 Å². The van der Waals surface area contributed by atoms with Crippen LogP contribution in [0.1, 0.15) is 88.2 Å². The van der Waals surface area contributed by atoms with Crippen molar-refractivity contribution in [2.75, 3.05) is 7.11 Å². The number of methoxy groups -OCH3 is 1. The number of pyridine rings is 1. The van der Waals surface area contributed by atoms with E-state index in [9.17, 15) is 9.90 Å². The van der Waals surface area contributed by atoms with Gasteiger partial charge in [-0.3, -0.25) is 9.69 Å². The van der Waals surface area contributed by atoms with Crippen molar-refractivity contribution in [3.63, 3.8) is 0 Å². The number of aromatic nitrogens is 1. The van der Waals surface area contributed by atoms with E-state index in [1.165, 1.54) is 22.3 Å². The second kappa shape index (κ2) is 12.2. The van der Waals surface area contributed by atoms with Crippen LogP contribution in [0, 0.1) is 11.8 Å². The molecule has 2 aromatic carbocycles. The second-order valence-electron chi connectivity index (χ2n) is 12.4. The van der Waals surface area contributed by atoms with Gasteiger partial charge >= 0.3 is 5.97 Å². The van der Waals surface area contributed by atoms with E-state index < -0.39 is 11.9 Å². The average molecular weight is 557 g/mol. The number of nitrogens with zero attached hydrogens (tertiary/aromatic N) is 2. The maximum absolute atomic E-state index is 11.9. The minimum absolute atomic E-state index is 0.0306. The Morgan fingerprint density at radius 2 is 1.78 bits per heavy atom. The molecule has 41 heavy (non-hydrogen) atoms. The fourth-order valence-corrected chi connectivity index (χ4v) is 6.48. The molecule has 6 nitrogen and oxygen atoms in total. The molecule has 3 atom stereocenters. The minimum Gasteiger partial charge on any atom is -0.485 e. The summed E-state index contributed by atoms with van der Waals surface area (Å²) in [5.41, 5.74) is 6.98. The zero-order valence-corrected chi connectivity index (χ0v) is 25.3. The zero-order valence-electron chi connectivity index (χ0n) is 25.3. The van der Waals surface area contributed by atoms with Crippen LogP contribution in [-0.2, 0) is 17.8 Å². The predicted octanol–water partition coefficient (Wildman–Crippen LogP) is 7.66. The Labute approximate surface area is 244 Å². The van der Waals surface area contributed by atoms with Crippen molar-refractivity contribution in [1.82, 2.24) is 9.88 Å². The molecule has 0 bridgehead atoms. The molecule has 2 aliphatic rings. The van der Waals surface area contributed by atoms with Crippen LogP contribution in [0.3, 0.4) is 0 Å². The summed E-state index contributed by atoms with van der Waals surface area (Å²) < 4.78 is 12.1. The van der Waals surface area contributed by atoms with Crippen molar-refractivity contribution in [3.05, 3.63) is 77.0 Å². The Balaban J connectivity index is 1.47. The summed E-state index contributed by atoms with van der Waals surface area (Å²) in [6.07, 6.45) is 5.79. The number of ether oxygens (including phenoxy) is 2. The lowest BCUT2D eigenvalue weighted by atomic mass is 9.82. The summed E-state index contributed by atoms with van der Waals surface area (Å²) in [5.74, 6) is 0.846. The third-order valence-electron chi connectivity index (χ3n) is 8.91. The summed E-state index contributed by atoms with van der Waals surface area (Å²) in [7, 11) is 1.65. The molecule has 1 saturated carbocycles. The van der Waals surface area contributed by atoms with Crippen LogP contribution >= 0.6 is 0 Å². The molecule has 0 amide bonds. The monoisotopic (exact) mass is 556 g/mol. The molecule has 1 unspecified atom stereocenters. The average Bonchev–Trinajstić information content (AvgIpc) is 3.80. The molecule has 0 radical (unpaired) electrons. The number of carbonyl (C=O) groups is 1. The number of fused-ring (bicyclic) bond motifs is 1. The standard InChI is InChI=1S/C35H44N2O4/c1-21(2)37(22(3)4)20-29-17-27(11-13-30(29)26-15-16-36-33(19-26)40-6)31-14-12-24-7-10-28(18-32(24)41-31)34(25-8-9-25)23(5)35(38)39/h7,10-11,13,15-19,21-23,25,31,34H,8-9,12,14,20H2,1-6H3,(H,38,39)/t23-,31?,34-/m0/s1. The number of hydrogen-bond donors (Lipinski definition) is 1. The van der Waals surface area contributed by atoms with Crippen LogP contribution in [0.4, 0.5) is 0 Å². The molecule has 1 fully saturated rings. The number of carboxylic acids is 1. The Kier molecular flexibility index (Phi) is 8.69. The number of rotatable bonds is 11. The normalized spacial score (nSPS) is 18.2. The molecule has 5 rings (SSSR count). The smallest absolute Gasteiger partial charge is 0.306 e. The SMILES string of the molecule is COc1cc(-c2ccc(C3CCc4ccc([C@H](C5CC5)[C@H](C)C(=O)O)cc4O3)cc2CN(C(C)C)C(C)C)ccn1. The van der Waals surface area contributed by atoms with E-state index in [2.05, 4.69) is 74.0 Å². The van der Waals surface area contributed by atoms with Gasteiger partial charge in [-0.25, -0.2) is 4.98 Å². The van der Waals surface area contributed by atoms with Crippen molar-refractivity contribution in [3.8, 4) is 22.8 Å². The minimum atomic E-state index is -0.727. The first-order valence-corrected chi connectivity index (χ1v) is 15.1. The van der Waals surface area contributed by atoms with Gasteiger partial charge in [0.2, 0.25) is 5.88 Å².